The topological polar surface area (TPSA) is 91.8 Å². The number of amides is 2. The standard InChI is InChI=1S/C19H18ClN5O2/c1-11-4-7-13(9-15(11)20)25-17(12-5-6-12)14(10-22-25)18(26)23-24-19(27)16-3-2-8-21-16/h2-4,7-10,12,21H,5-6H2,1H3,(H,23,26)(H,24,27). The minimum atomic E-state index is -0.418. The molecule has 1 fully saturated rings. The van der Waals surface area contributed by atoms with Crippen LogP contribution in [0.1, 0.15) is 50.9 Å². The Hall–Kier alpha value is -3.06. The Labute approximate surface area is 160 Å². The third kappa shape index (κ3) is 3.46. The molecular formula is C19H18ClN5O2. The number of benzene rings is 1. The molecule has 7 nitrogen and oxygen atoms in total. The summed E-state index contributed by atoms with van der Waals surface area (Å²) in [5, 5.41) is 5.04. The predicted molar refractivity (Wildman–Crippen MR) is 101 cm³/mol. The van der Waals surface area contributed by atoms with Crippen LogP contribution in [0, 0.1) is 6.92 Å². The fourth-order valence-corrected chi connectivity index (χ4v) is 3.10. The zero-order valence-corrected chi connectivity index (χ0v) is 15.4. The normalized spacial score (nSPS) is 13.4. The number of rotatable bonds is 4. The molecule has 2 heterocycles. The lowest BCUT2D eigenvalue weighted by Gasteiger charge is -2.11. The van der Waals surface area contributed by atoms with Gasteiger partial charge in [-0.1, -0.05) is 17.7 Å². The van der Waals surface area contributed by atoms with E-state index >= 15 is 0 Å². The molecule has 2 aromatic heterocycles. The fourth-order valence-electron chi connectivity index (χ4n) is 2.92. The van der Waals surface area contributed by atoms with Crippen molar-refractivity contribution in [2.45, 2.75) is 25.7 Å². The van der Waals surface area contributed by atoms with Gasteiger partial charge < -0.3 is 4.98 Å². The third-order valence-corrected chi connectivity index (χ3v) is 4.95. The third-order valence-electron chi connectivity index (χ3n) is 4.55. The molecule has 8 heteroatoms. The van der Waals surface area contributed by atoms with Crippen LogP contribution in [0.25, 0.3) is 5.69 Å². The van der Waals surface area contributed by atoms with Crippen LogP contribution in [0.15, 0.2) is 42.7 Å². The molecule has 3 aromatic rings. The van der Waals surface area contributed by atoms with Crippen LogP contribution < -0.4 is 10.9 Å². The average molecular weight is 384 g/mol. The van der Waals surface area contributed by atoms with Gasteiger partial charge in [-0.15, -0.1) is 0 Å². The maximum atomic E-state index is 12.6. The van der Waals surface area contributed by atoms with Gasteiger partial charge in [0.05, 0.1) is 23.1 Å². The first-order valence-electron chi connectivity index (χ1n) is 8.63. The van der Waals surface area contributed by atoms with Gasteiger partial charge in [0.1, 0.15) is 5.69 Å². The highest BCUT2D eigenvalue weighted by molar-refractivity contribution is 6.31. The zero-order chi connectivity index (χ0) is 19.0. The van der Waals surface area contributed by atoms with Crippen LogP contribution in [0.3, 0.4) is 0 Å². The molecule has 0 saturated heterocycles. The second-order valence-corrected chi connectivity index (χ2v) is 6.96. The number of hydrogen-bond acceptors (Lipinski definition) is 3. The van der Waals surface area contributed by atoms with Crippen molar-refractivity contribution in [2.24, 2.45) is 0 Å². The zero-order valence-electron chi connectivity index (χ0n) is 14.6. The number of nitrogens with one attached hydrogen (secondary N) is 3. The van der Waals surface area contributed by atoms with E-state index in [2.05, 4.69) is 20.9 Å². The van der Waals surface area contributed by atoms with E-state index in [1.54, 1.807) is 23.0 Å². The van der Waals surface area contributed by atoms with Crippen LogP contribution in [0.2, 0.25) is 5.02 Å². The minimum Gasteiger partial charge on any atom is -0.357 e. The molecule has 1 saturated carbocycles. The Balaban J connectivity index is 1.58. The minimum absolute atomic E-state index is 0.271. The van der Waals surface area contributed by atoms with E-state index in [1.807, 2.05) is 25.1 Å². The summed E-state index contributed by atoms with van der Waals surface area (Å²) in [5.41, 5.74) is 8.29. The highest BCUT2D eigenvalue weighted by Crippen LogP contribution is 2.42. The van der Waals surface area contributed by atoms with Crippen molar-refractivity contribution >= 4 is 23.4 Å². The van der Waals surface area contributed by atoms with Crippen LogP contribution >= 0.6 is 11.6 Å². The summed E-state index contributed by atoms with van der Waals surface area (Å²) in [5.74, 6) is -0.548. The Bertz CT molecular complexity index is 1010. The second kappa shape index (κ2) is 6.92. The largest absolute Gasteiger partial charge is 0.357 e. The number of hydrogen-bond donors (Lipinski definition) is 3. The summed E-state index contributed by atoms with van der Waals surface area (Å²) in [7, 11) is 0. The summed E-state index contributed by atoms with van der Waals surface area (Å²) < 4.78 is 1.75. The molecule has 0 unspecified atom stereocenters. The van der Waals surface area contributed by atoms with Gasteiger partial charge in [0.15, 0.2) is 0 Å². The molecule has 1 aromatic carbocycles. The number of aromatic amines is 1. The molecule has 138 valence electrons. The van der Waals surface area contributed by atoms with Gasteiger partial charge in [-0.25, -0.2) is 4.68 Å². The average Bonchev–Trinajstić information content (AvgIpc) is 3.18. The van der Waals surface area contributed by atoms with Gasteiger partial charge >= 0.3 is 0 Å². The van der Waals surface area contributed by atoms with Crippen LogP contribution in [-0.4, -0.2) is 26.6 Å². The molecule has 0 atom stereocenters. The maximum absolute atomic E-state index is 12.6. The number of carbonyl (C=O) groups excluding carboxylic acids is 2. The molecule has 3 N–H and O–H groups in total. The molecule has 1 aliphatic rings. The molecule has 1 aliphatic carbocycles. The molecule has 0 radical (unpaired) electrons. The van der Waals surface area contributed by atoms with Crippen molar-refractivity contribution in [2.75, 3.05) is 0 Å². The summed E-state index contributed by atoms with van der Waals surface area (Å²) in [6.07, 6.45) is 5.16. The first-order chi connectivity index (χ1) is 13.0. The number of aryl methyl sites for hydroxylation is 1. The Morgan fingerprint density at radius 1 is 1.22 bits per heavy atom. The lowest BCUT2D eigenvalue weighted by Crippen LogP contribution is -2.42. The van der Waals surface area contributed by atoms with Crippen LogP contribution in [-0.2, 0) is 0 Å². The van der Waals surface area contributed by atoms with Gasteiger partial charge in [0.2, 0.25) is 0 Å². The number of halogens is 1. The second-order valence-electron chi connectivity index (χ2n) is 6.56. The van der Waals surface area contributed by atoms with Gasteiger partial charge in [0.25, 0.3) is 11.8 Å². The molecule has 2 amide bonds. The van der Waals surface area contributed by atoms with E-state index in [1.165, 1.54) is 6.20 Å². The number of aromatic nitrogens is 3. The van der Waals surface area contributed by atoms with E-state index < -0.39 is 11.8 Å². The van der Waals surface area contributed by atoms with Crippen molar-refractivity contribution in [1.82, 2.24) is 25.6 Å². The molecule has 4 rings (SSSR count). The van der Waals surface area contributed by atoms with E-state index in [0.29, 0.717) is 16.3 Å². The maximum Gasteiger partial charge on any atom is 0.286 e. The highest BCUT2D eigenvalue weighted by atomic mass is 35.5. The Morgan fingerprint density at radius 2 is 2.00 bits per heavy atom. The molecular weight excluding hydrogens is 366 g/mol. The molecule has 0 aliphatic heterocycles. The first kappa shape index (κ1) is 17.4. The highest BCUT2D eigenvalue weighted by Gasteiger charge is 2.33. The smallest absolute Gasteiger partial charge is 0.286 e. The SMILES string of the molecule is Cc1ccc(-n2ncc(C(=O)NNC(=O)c3ccc[nH]3)c2C2CC2)cc1Cl. The lowest BCUT2D eigenvalue weighted by molar-refractivity contribution is 0.0843. The summed E-state index contributed by atoms with van der Waals surface area (Å²) in [6.45, 7) is 1.93. The van der Waals surface area contributed by atoms with Crippen molar-refractivity contribution in [3.63, 3.8) is 0 Å². The van der Waals surface area contributed by atoms with E-state index in [0.717, 1.165) is 29.8 Å². The summed E-state index contributed by atoms with van der Waals surface area (Å²) in [4.78, 5) is 27.4. The fraction of sp³-hybridized carbons (Fsp3) is 0.211. The van der Waals surface area contributed by atoms with Gasteiger partial charge in [-0.2, -0.15) is 5.10 Å². The summed E-state index contributed by atoms with van der Waals surface area (Å²) >= 11 is 6.24. The predicted octanol–water partition coefficient (Wildman–Crippen LogP) is 3.11. The quantitative estimate of drug-likeness (QED) is 0.604. The Kier molecular flexibility index (Phi) is 4.45. The Morgan fingerprint density at radius 3 is 2.67 bits per heavy atom. The molecule has 0 bridgehead atoms. The van der Waals surface area contributed by atoms with E-state index in [-0.39, 0.29) is 5.92 Å². The van der Waals surface area contributed by atoms with Crippen molar-refractivity contribution in [3.8, 4) is 5.69 Å². The van der Waals surface area contributed by atoms with Crippen LogP contribution in [0.5, 0.6) is 0 Å². The van der Waals surface area contributed by atoms with E-state index in [4.69, 9.17) is 11.6 Å². The lowest BCUT2D eigenvalue weighted by atomic mass is 10.1. The van der Waals surface area contributed by atoms with E-state index in [9.17, 15) is 9.59 Å². The van der Waals surface area contributed by atoms with Gasteiger partial charge in [0, 0.05) is 17.1 Å². The summed E-state index contributed by atoms with van der Waals surface area (Å²) in [6, 6.07) is 9.01. The number of hydrazine groups is 1. The number of nitrogens with zero attached hydrogens (tertiary/aromatic N) is 2. The number of H-pyrrole nitrogens is 1. The number of carbonyl (C=O) groups is 2. The van der Waals surface area contributed by atoms with Crippen LogP contribution in [0.4, 0.5) is 0 Å². The first-order valence-corrected chi connectivity index (χ1v) is 9.01. The monoisotopic (exact) mass is 383 g/mol. The van der Waals surface area contributed by atoms with Gasteiger partial charge in [-0.3, -0.25) is 20.4 Å². The van der Waals surface area contributed by atoms with Crippen molar-refractivity contribution in [1.29, 1.82) is 0 Å². The molecule has 0 spiro atoms. The molecule has 27 heavy (non-hydrogen) atoms. The van der Waals surface area contributed by atoms with Crippen molar-refractivity contribution < 1.29 is 9.59 Å². The van der Waals surface area contributed by atoms with Crippen molar-refractivity contribution in [3.05, 3.63) is 70.3 Å². The van der Waals surface area contributed by atoms with Gasteiger partial charge in [-0.05, 0) is 49.6 Å².